The number of rotatable bonds is 4. The van der Waals surface area contributed by atoms with Crippen LogP contribution in [0.4, 0.5) is 5.95 Å². The van der Waals surface area contributed by atoms with Gasteiger partial charge < -0.3 is 14.9 Å². The van der Waals surface area contributed by atoms with E-state index >= 15 is 0 Å². The molecule has 0 aliphatic carbocycles. The van der Waals surface area contributed by atoms with Crippen molar-refractivity contribution in [1.82, 2.24) is 15.2 Å². The first kappa shape index (κ1) is 13.5. The largest absolute Gasteiger partial charge is 0.497 e. The molecule has 0 saturated heterocycles. The Hall–Kier alpha value is -2.48. The zero-order chi connectivity index (χ0) is 14.8. The molecule has 0 spiro atoms. The molecule has 3 aromatic rings. The highest BCUT2D eigenvalue weighted by Crippen LogP contribution is 2.27. The first-order valence-corrected chi connectivity index (χ1v) is 7.06. The van der Waals surface area contributed by atoms with Gasteiger partial charge in [-0.15, -0.1) is 5.10 Å². The first-order chi connectivity index (χ1) is 10.2. The number of fused-ring (bicyclic) bond motifs is 1. The lowest BCUT2D eigenvalue weighted by molar-refractivity contribution is 0.414. The number of hydrogen-bond donors (Lipinski definition) is 2. The lowest BCUT2D eigenvalue weighted by Gasteiger charge is -2.05. The summed E-state index contributed by atoms with van der Waals surface area (Å²) in [6.45, 7) is 0. The van der Waals surface area contributed by atoms with Crippen LogP contribution < -0.4 is 16.1 Å². The molecular formula is C13H12N4O3S. The van der Waals surface area contributed by atoms with Crippen LogP contribution in [0.1, 0.15) is 5.56 Å². The SMILES string of the molecule is COc1ccc2c(CSc3n[nH]c(N)n3)cc(=O)oc2c1. The van der Waals surface area contributed by atoms with Crippen molar-refractivity contribution in [3.05, 3.63) is 40.2 Å². The molecule has 0 atom stereocenters. The van der Waals surface area contributed by atoms with Gasteiger partial charge in [-0.3, -0.25) is 0 Å². The number of thioether (sulfide) groups is 1. The molecule has 2 heterocycles. The molecule has 21 heavy (non-hydrogen) atoms. The number of benzene rings is 1. The highest BCUT2D eigenvalue weighted by Gasteiger charge is 2.09. The minimum absolute atomic E-state index is 0.264. The van der Waals surface area contributed by atoms with Gasteiger partial charge in [0.05, 0.1) is 7.11 Å². The van der Waals surface area contributed by atoms with Crippen molar-refractivity contribution in [2.75, 3.05) is 12.8 Å². The number of methoxy groups -OCH3 is 1. The second-order valence-electron chi connectivity index (χ2n) is 4.24. The van der Waals surface area contributed by atoms with Gasteiger partial charge in [0, 0.05) is 23.3 Å². The minimum atomic E-state index is -0.402. The molecule has 8 heteroatoms. The molecule has 0 unspecified atom stereocenters. The third-order valence-corrected chi connectivity index (χ3v) is 3.77. The molecule has 0 bridgehead atoms. The van der Waals surface area contributed by atoms with E-state index in [1.54, 1.807) is 13.2 Å². The lowest BCUT2D eigenvalue weighted by Crippen LogP contribution is -2.00. The maximum atomic E-state index is 11.6. The predicted molar refractivity (Wildman–Crippen MR) is 79.4 cm³/mol. The number of anilines is 1. The van der Waals surface area contributed by atoms with Crippen LogP contribution in [0.2, 0.25) is 0 Å². The molecule has 0 radical (unpaired) electrons. The lowest BCUT2D eigenvalue weighted by atomic mass is 10.1. The van der Waals surface area contributed by atoms with Crippen LogP contribution in [-0.4, -0.2) is 22.3 Å². The highest BCUT2D eigenvalue weighted by atomic mass is 32.2. The van der Waals surface area contributed by atoms with E-state index in [9.17, 15) is 4.79 Å². The van der Waals surface area contributed by atoms with Crippen molar-refractivity contribution in [3.8, 4) is 5.75 Å². The summed E-state index contributed by atoms with van der Waals surface area (Å²) < 4.78 is 10.3. The Balaban J connectivity index is 1.95. The predicted octanol–water partition coefficient (Wildman–Crippen LogP) is 1.79. The fourth-order valence-corrected chi connectivity index (χ4v) is 2.72. The van der Waals surface area contributed by atoms with Gasteiger partial charge >= 0.3 is 5.63 Å². The summed E-state index contributed by atoms with van der Waals surface area (Å²) in [4.78, 5) is 15.7. The maximum Gasteiger partial charge on any atom is 0.336 e. The smallest absolute Gasteiger partial charge is 0.336 e. The number of nitrogens with zero attached hydrogens (tertiary/aromatic N) is 2. The second-order valence-corrected chi connectivity index (χ2v) is 5.19. The average Bonchev–Trinajstić information content (AvgIpc) is 2.89. The van der Waals surface area contributed by atoms with Crippen molar-refractivity contribution in [1.29, 1.82) is 0 Å². The van der Waals surface area contributed by atoms with Gasteiger partial charge in [0.25, 0.3) is 0 Å². The summed E-state index contributed by atoms with van der Waals surface area (Å²) in [5.74, 6) is 1.43. The van der Waals surface area contributed by atoms with Crippen molar-refractivity contribution in [3.63, 3.8) is 0 Å². The molecule has 0 amide bonds. The number of nitrogens with two attached hydrogens (primary N) is 1. The first-order valence-electron chi connectivity index (χ1n) is 6.07. The Morgan fingerprint density at radius 3 is 3.00 bits per heavy atom. The fraction of sp³-hybridized carbons (Fsp3) is 0.154. The summed E-state index contributed by atoms with van der Waals surface area (Å²) >= 11 is 1.38. The van der Waals surface area contributed by atoms with Crippen LogP contribution >= 0.6 is 11.8 Å². The Labute approximate surface area is 123 Å². The number of ether oxygens (including phenoxy) is 1. The minimum Gasteiger partial charge on any atom is -0.497 e. The van der Waals surface area contributed by atoms with Crippen LogP contribution in [-0.2, 0) is 5.75 Å². The van der Waals surface area contributed by atoms with Crippen LogP contribution in [0.5, 0.6) is 5.75 Å². The van der Waals surface area contributed by atoms with E-state index in [-0.39, 0.29) is 5.95 Å². The summed E-state index contributed by atoms with van der Waals surface area (Å²) in [5.41, 5.74) is 6.41. The molecule has 0 aliphatic rings. The van der Waals surface area contributed by atoms with Crippen LogP contribution in [0.3, 0.4) is 0 Å². The number of H-pyrrole nitrogens is 1. The van der Waals surface area contributed by atoms with Gasteiger partial charge in [-0.05, 0) is 17.7 Å². The number of aromatic nitrogens is 3. The summed E-state index contributed by atoms with van der Waals surface area (Å²) in [6.07, 6.45) is 0. The number of nitrogens with one attached hydrogen (secondary N) is 1. The van der Waals surface area contributed by atoms with Crippen molar-refractivity contribution >= 4 is 28.7 Å². The van der Waals surface area contributed by atoms with Crippen LogP contribution in [0.25, 0.3) is 11.0 Å². The third-order valence-electron chi connectivity index (χ3n) is 2.88. The maximum absolute atomic E-state index is 11.6. The highest BCUT2D eigenvalue weighted by molar-refractivity contribution is 7.98. The van der Waals surface area contributed by atoms with E-state index in [0.29, 0.717) is 22.2 Å². The topological polar surface area (TPSA) is 107 Å². The van der Waals surface area contributed by atoms with Gasteiger partial charge in [0.2, 0.25) is 11.1 Å². The molecule has 0 fully saturated rings. The van der Waals surface area contributed by atoms with Crippen molar-refractivity contribution in [2.45, 2.75) is 10.9 Å². The summed E-state index contributed by atoms with van der Waals surface area (Å²) in [6, 6.07) is 6.84. The third kappa shape index (κ3) is 2.84. The Kier molecular flexibility index (Phi) is 3.53. The van der Waals surface area contributed by atoms with Gasteiger partial charge in [-0.1, -0.05) is 11.8 Å². The summed E-state index contributed by atoms with van der Waals surface area (Å²) in [5, 5.41) is 7.89. The molecule has 0 saturated carbocycles. The van der Waals surface area contributed by atoms with Gasteiger partial charge in [0.1, 0.15) is 11.3 Å². The second kappa shape index (κ2) is 5.49. The number of aromatic amines is 1. The van der Waals surface area contributed by atoms with E-state index in [0.717, 1.165) is 10.9 Å². The zero-order valence-corrected chi connectivity index (χ0v) is 11.9. The normalized spacial score (nSPS) is 10.9. The Bertz CT molecular complexity index is 843. The monoisotopic (exact) mass is 304 g/mol. The molecule has 108 valence electrons. The van der Waals surface area contributed by atoms with E-state index < -0.39 is 5.63 Å². The van der Waals surface area contributed by atoms with Gasteiger partial charge in [0.15, 0.2) is 0 Å². The summed E-state index contributed by atoms with van der Waals surface area (Å²) in [7, 11) is 1.56. The molecule has 3 rings (SSSR count). The number of hydrogen-bond acceptors (Lipinski definition) is 7. The van der Waals surface area contributed by atoms with E-state index in [2.05, 4.69) is 15.2 Å². The molecule has 7 nitrogen and oxygen atoms in total. The van der Waals surface area contributed by atoms with Crippen molar-refractivity contribution in [2.24, 2.45) is 0 Å². The zero-order valence-electron chi connectivity index (χ0n) is 11.1. The molecule has 2 aromatic heterocycles. The Morgan fingerprint density at radius 2 is 2.29 bits per heavy atom. The molecule has 0 aliphatic heterocycles. The number of nitrogen functional groups attached to an aromatic ring is 1. The molecule has 3 N–H and O–H groups in total. The van der Waals surface area contributed by atoms with E-state index in [1.807, 2.05) is 12.1 Å². The van der Waals surface area contributed by atoms with E-state index in [1.165, 1.54) is 17.8 Å². The quantitative estimate of drug-likeness (QED) is 0.559. The average molecular weight is 304 g/mol. The van der Waals surface area contributed by atoms with Crippen molar-refractivity contribution < 1.29 is 9.15 Å². The standard InChI is InChI=1S/C13H12N4O3S/c1-19-8-2-3-9-7(4-11(18)20-10(9)5-8)6-21-13-15-12(14)16-17-13/h2-5H,6H2,1H3,(H3,14,15,16,17). The Morgan fingerprint density at radius 1 is 1.43 bits per heavy atom. The fourth-order valence-electron chi connectivity index (χ4n) is 1.92. The van der Waals surface area contributed by atoms with Gasteiger partial charge in [-0.2, -0.15) is 4.98 Å². The van der Waals surface area contributed by atoms with Crippen LogP contribution in [0.15, 0.2) is 38.6 Å². The molecular weight excluding hydrogens is 292 g/mol. The molecule has 1 aromatic carbocycles. The van der Waals surface area contributed by atoms with E-state index in [4.69, 9.17) is 14.9 Å². The van der Waals surface area contributed by atoms with Gasteiger partial charge in [-0.25, -0.2) is 9.89 Å². The van der Waals surface area contributed by atoms with Crippen LogP contribution in [0, 0.1) is 0 Å².